The number of fused-ring (bicyclic) bond motifs is 1. The molecule has 1 aliphatic heterocycles. The first-order valence-corrected chi connectivity index (χ1v) is 8.42. The molecule has 0 spiro atoms. The molecule has 1 aliphatic rings. The molecule has 0 saturated carbocycles. The highest BCUT2D eigenvalue weighted by Crippen LogP contribution is 2.27. The molecule has 2 heterocycles. The van der Waals surface area contributed by atoms with Crippen molar-refractivity contribution in [3.63, 3.8) is 0 Å². The summed E-state index contributed by atoms with van der Waals surface area (Å²) in [5, 5.41) is 4.13. The summed E-state index contributed by atoms with van der Waals surface area (Å²) in [5.74, 6) is -0.213. The Morgan fingerprint density at radius 2 is 2.09 bits per heavy atom. The largest absolute Gasteiger partial charge is 0.351 e. The van der Waals surface area contributed by atoms with Crippen LogP contribution in [0.25, 0.3) is 10.1 Å². The van der Waals surface area contributed by atoms with E-state index in [1.165, 1.54) is 11.3 Å². The molecule has 1 atom stereocenters. The molecule has 3 rings (SSSR count). The van der Waals surface area contributed by atoms with E-state index in [1.807, 2.05) is 37.3 Å². The van der Waals surface area contributed by atoms with Crippen LogP contribution in [-0.2, 0) is 9.47 Å². The third kappa shape index (κ3) is 3.48. The van der Waals surface area contributed by atoms with Crippen molar-refractivity contribution < 1.29 is 14.3 Å². The van der Waals surface area contributed by atoms with Crippen LogP contribution in [-0.4, -0.2) is 31.5 Å². The Labute approximate surface area is 134 Å². The summed E-state index contributed by atoms with van der Waals surface area (Å²) in [5.41, 5.74) is 0. The maximum absolute atomic E-state index is 12.3. The molecule has 1 unspecified atom stereocenters. The van der Waals surface area contributed by atoms with E-state index >= 15 is 0 Å². The lowest BCUT2D eigenvalue weighted by molar-refractivity contribution is -0.153. The molecule has 0 bridgehead atoms. The van der Waals surface area contributed by atoms with Crippen LogP contribution in [0.1, 0.15) is 29.9 Å². The van der Waals surface area contributed by atoms with Crippen molar-refractivity contribution in [3.05, 3.63) is 35.2 Å². The van der Waals surface area contributed by atoms with Crippen molar-refractivity contribution in [3.8, 4) is 0 Å². The maximum atomic E-state index is 12.3. The maximum Gasteiger partial charge on any atom is 0.261 e. The average molecular weight is 319 g/mol. The Hall–Kier alpha value is -1.43. The molecule has 0 radical (unpaired) electrons. The number of carbonyl (C=O) groups excluding carboxylic acids is 1. The van der Waals surface area contributed by atoms with E-state index in [0.717, 1.165) is 21.4 Å². The molecule has 22 heavy (non-hydrogen) atoms. The third-order valence-electron chi connectivity index (χ3n) is 3.88. The van der Waals surface area contributed by atoms with Gasteiger partial charge in [0, 0.05) is 17.7 Å². The van der Waals surface area contributed by atoms with E-state index in [1.54, 1.807) is 0 Å². The number of hydrogen-bond acceptors (Lipinski definition) is 4. The van der Waals surface area contributed by atoms with Crippen LogP contribution in [0, 0.1) is 5.92 Å². The minimum absolute atomic E-state index is 0.00791. The number of benzene rings is 1. The van der Waals surface area contributed by atoms with Crippen LogP contribution in [0.4, 0.5) is 0 Å². The second-order valence-corrected chi connectivity index (χ2v) is 7.08. The first-order valence-electron chi connectivity index (χ1n) is 7.60. The molecule has 2 aromatic rings. The van der Waals surface area contributed by atoms with E-state index in [0.29, 0.717) is 25.7 Å². The molecule has 5 heteroatoms. The predicted octanol–water partition coefficient (Wildman–Crippen LogP) is 3.42. The lowest BCUT2D eigenvalue weighted by Crippen LogP contribution is -2.34. The second-order valence-electron chi connectivity index (χ2n) is 6.00. The van der Waals surface area contributed by atoms with Crippen LogP contribution in [0.3, 0.4) is 0 Å². The highest BCUT2D eigenvalue weighted by Gasteiger charge is 2.32. The zero-order chi connectivity index (χ0) is 15.6. The van der Waals surface area contributed by atoms with Gasteiger partial charge in [0.1, 0.15) is 0 Å². The lowest BCUT2D eigenvalue weighted by Gasteiger charge is -2.25. The van der Waals surface area contributed by atoms with Crippen molar-refractivity contribution in [1.82, 2.24) is 5.32 Å². The van der Waals surface area contributed by atoms with Gasteiger partial charge in [-0.2, -0.15) is 0 Å². The average Bonchev–Trinajstić information content (AvgIpc) is 3.10. The molecule has 1 aromatic carbocycles. The Morgan fingerprint density at radius 1 is 1.36 bits per heavy atom. The van der Waals surface area contributed by atoms with E-state index < -0.39 is 5.79 Å². The van der Waals surface area contributed by atoms with Gasteiger partial charge in [-0.25, -0.2) is 0 Å². The van der Waals surface area contributed by atoms with E-state index in [2.05, 4.69) is 12.2 Å². The molecular formula is C17H21NO3S. The van der Waals surface area contributed by atoms with Gasteiger partial charge in [0.25, 0.3) is 5.91 Å². The van der Waals surface area contributed by atoms with Crippen molar-refractivity contribution in [2.45, 2.75) is 26.1 Å². The number of carbonyl (C=O) groups is 1. The quantitative estimate of drug-likeness (QED) is 0.918. The fourth-order valence-electron chi connectivity index (χ4n) is 2.83. The first-order chi connectivity index (χ1) is 10.6. The smallest absolute Gasteiger partial charge is 0.261 e. The molecule has 1 N–H and O–H groups in total. The van der Waals surface area contributed by atoms with Gasteiger partial charge in [-0.3, -0.25) is 4.79 Å². The Morgan fingerprint density at radius 3 is 2.82 bits per heavy atom. The van der Waals surface area contributed by atoms with Gasteiger partial charge < -0.3 is 14.8 Å². The topological polar surface area (TPSA) is 47.6 Å². The molecule has 1 aromatic heterocycles. The van der Waals surface area contributed by atoms with Gasteiger partial charge in [-0.05, 0) is 30.4 Å². The molecular weight excluding hydrogens is 298 g/mol. The summed E-state index contributed by atoms with van der Waals surface area (Å²) in [6.07, 6.45) is 0.777. The molecule has 118 valence electrons. The summed E-state index contributed by atoms with van der Waals surface area (Å²) in [7, 11) is 0. The number of rotatable bonds is 5. The van der Waals surface area contributed by atoms with Crippen LogP contribution < -0.4 is 5.32 Å². The van der Waals surface area contributed by atoms with Crippen LogP contribution >= 0.6 is 11.3 Å². The van der Waals surface area contributed by atoms with E-state index in [9.17, 15) is 4.79 Å². The van der Waals surface area contributed by atoms with Crippen molar-refractivity contribution in [2.24, 2.45) is 5.92 Å². The predicted molar refractivity (Wildman–Crippen MR) is 88.2 cm³/mol. The van der Waals surface area contributed by atoms with Crippen molar-refractivity contribution in [2.75, 3.05) is 19.8 Å². The van der Waals surface area contributed by atoms with Gasteiger partial charge in [0.15, 0.2) is 5.79 Å². The third-order valence-corrected chi connectivity index (χ3v) is 4.99. The minimum Gasteiger partial charge on any atom is -0.351 e. The fraction of sp³-hybridized carbons (Fsp3) is 0.471. The highest BCUT2D eigenvalue weighted by atomic mass is 32.1. The first kappa shape index (κ1) is 15.5. The van der Waals surface area contributed by atoms with E-state index in [4.69, 9.17) is 9.47 Å². The van der Waals surface area contributed by atoms with Gasteiger partial charge in [-0.15, -0.1) is 11.3 Å². The number of nitrogens with one attached hydrogen (secondary N) is 1. The SMILES string of the molecule is CC(CNC(=O)c1cc2ccccc2s1)CC1(C)OCCO1. The minimum atomic E-state index is -0.498. The lowest BCUT2D eigenvalue weighted by atomic mass is 10.0. The molecule has 1 amide bonds. The monoisotopic (exact) mass is 319 g/mol. The van der Waals surface area contributed by atoms with Crippen molar-refractivity contribution in [1.29, 1.82) is 0 Å². The van der Waals surface area contributed by atoms with Gasteiger partial charge in [-0.1, -0.05) is 25.1 Å². The molecule has 1 saturated heterocycles. The number of thiophene rings is 1. The van der Waals surface area contributed by atoms with Crippen molar-refractivity contribution >= 4 is 27.3 Å². The number of hydrogen-bond donors (Lipinski definition) is 1. The Kier molecular flexibility index (Phi) is 4.47. The second kappa shape index (κ2) is 6.36. The van der Waals surface area contributed by atoms with Crippen LogP contribution in [0.5, 0.6) is 0 Å². The van der Waals surface area contributed by atoms with Crippen LogP contribution in [0.15, 0.2) is 30.3 Å². The van der Waals surface area contributed by atoms with Crippen LogP contribution in [0.2, 0.25) is 0 Å². The Bertz CT molecular complexity index is 628. The zero-order valence-corrected chi connectivity index (χ0v) is 13.7. The van der Waals surface area contributed by atoms with Gasteiger partial charge in [0.2, 0.25) is 0 Å². The van der Waals surface area contributed by atoms with Gasteiger partial charge in [0.05, 0.1) is 18.1 Å². The normalized spacial score (nSPS) is 18.5. The Balaban J connectivity index is 1.55. The summed E-state index contributed by atoms with van der Waals surface area (Å²) in [4.78, 5) is 13.0. The zero-order valence-electron chi connectivity index (χ0n) is 12.9. The van der Waals surface area contributed by atoms with E-state index in [-0.39, 0.29) is 5.91 Å². The van der Waals surface area contributed by atoms with Gasteiger partial charge >= 0.3 is 0 Å². The standard InChI is InChI=1S/C17H21NO3S/c1-12(10-17(2)20-7-8-21-17)11-18-16(19)15-9-13-5-3-4-6-14(13)22-15/h3-6,9,12H,7-8,10-11H2,1-2H3,(H,18,19). The highest BCUT2D eigenvalue weighted by molar-refractivity contribution is 7.20. The number of amides is 1. The summed E-state index contributed by atoms with van der Waals surface area (Å²) < 4.78 is 12.4. The summed E-state index contributed by atoms with van der Waals surface area (Å²) in [6.45, 7) is 5.98. The number of ether oxygens (including phenoxy) is 2. The molecule has 1 fully saturated rings. The summed E-state index contributed by atoms with van der Waals surface area (Å²) in [6, 6.07) is 9.99. The molecule has 4 nitrogen and oxygen atoms in total. The molecule has 0 aliphatic carbocycles. The summed E-state index contributed by atoms with van der Waals surface area (Å²) >= 11 is 1.53. The fourth-order valence-corrected chi connectivity index (χ4v) is 3.81.